The van der Waals surface area contributed by atoms with E-state index in [0.29, 0.717) is 30.0 Å². The fraction of sp³-hybridized carbons (Fsp3) is 0.316. The van der Waals surface area contributed by atoms with Crippen molar-refractivity contribution in [3.8, 4) is 0 Å². The molecule has 3 rings (SSSR count). The summed E-state index contributed by atoms with van der Waals surface area (Å²) < 4.78 is 18.4. The van der Waals surface area contributed by atoms with E-state index in [1.165, 1.54) is 30.3 Å². The highest BCUT2D eigenvalue weighted by molar-refractivity contribution is 7.99. The molecule has 2 aromatic rings. The van der Waals surface area contributed by atoms with Gasteiger partial charge in [-0.2, -0.15) is 11.8 Å². The Morgan fingerprint density at radius 1 is 1.26 bits per heavy atom. The van der Waals surface area contributed by atoms with Crippen LogP contribution in [0.5, 0.6) is 0 Å². The van der Waals surface area contributed by atoms with Crippen molar-refractivity contribution < 1.29 is 18.7 Å². The van der Waals surface area contributed by atoms with E-state index in [1.54, 1.807) is 29.2 Å². The molecule has 27 heavy (non-hydrogen) atoms. The zero-order chi connectivity index (χ0) is 19.2. The predicted molar refractivity (Wildman–Crippen MR) is 102 cm³/mol. The van der Waals surface area contributed by atoms with E-state index < -0.39 is 11.8 Å². The number of methoxy groups -OCH3 is 1. The summed E-state index contributed by atoms with van der Waals surface area (Å²) in [6.45, 7) is 1.49. The number of carbonyl (C=O) groups excluding carboxylic acids is 2. The van der Waals surface area contributed by atoms with Crippen LogP contribution in [0.1, 0.15) is 16.1 Å². The Labute approximate surface area is 161 Å². The van der Waals surface area contributed by atoms with Crippen molar-refractivity contribution in [1.29, 1.82) is 0 Å². The molecule has 2 heterocycles. The average Bonchev–Trinajstić information content (AvgIpc) is 2.72. The van der Waals surface area contributed by atoms with Gasteiger partial charge in [0.2, 0.25) is 0 Å². The van der Waals surface area contributed by atoms with E-state index in [4.69, 9.17) is 0 Å². The van der Waals surface area contributed by atoms with Gasteiger partial charge in [-0.15, -0.1) is 0 Å². The van der Waals surface area contributed by atoms with Crippen molar-refractivity contribution in [2.45, 2.75) is 6.54 Å². The van der Waals surface area contributed by atoms with Crippen LogP contribution in [0.15, 0.2) is 42.6 Å². The van der Waals surface area contributed by atoms with Crippen LogP contribution in [0.2, 0.25) is 0 Å². The van der Waals surface area contributed by atoms with Gasteiger partial charge in [-0.25, -0.2) is 14.0 Å². The molecule has 0 atom stereocenters. The van der Waals surface area contributed by atoms with Crippen molar-refractivity contribution in [2.75, 3.05) is 36.6 Å². The van der Waals surface area contributed by atoms with E-state index in [0.717, 1.165) is 11.5 Å². The summed E-state index contributed by atoms with van der Waals surface area (Å²) in [4.78, 5) is 32.1. The SMILES string of the molecule is COC(=O)c1ccc(CN(C(=O)N2CCSCC2)c2cccc(F)c2)nc1. The number of nitrogens with zero attached hydrogens (tertiary/aromatic N) is 3. The van der Waals surface area contributed by atoms with Crippen LogP contribution in [0.4, 0.5) is 14.9 Å². The number of benzene rings is 1. The first-order valence-corrected chi connectivity index (χ1v) is 9.67. The van der Waals surface area contributed by atoms with Crippen molar-refractivity contribution in [3.63, 3.8) is 0 Å². The maximum Gasteiger partial charge on any atom is 0.339 e. The van der Waals surface area contributed by atoms with E-state index in [2.05, 4.69) is 9.72 Å². The number of hydrogen-bond acceptors (Lipinski definition) is 5. The number of rotatable bonds is 4. The second kappa shape index (κ2) is 8.85. The van der Waals surface area contributed by atoms with Gasteiger partial charge in [-0.1, -0.05) is 6.07 Å². The molecule has 142 valence electrons. The third-order valence-corrected chi connectivity index (χ3v) is 5.14. The quantitative estimate of drug-likeness (QED) is 0.752. The largest absolute Gasteiger partial charge is 0.465 e. The third kappa shape index (κ3) is 4.77. The average molecular weight is 389 g/mol. The first-order chi connectivity index (χ1) is 13.1. The lowest BCUT2D eigenvalue weighted by atomic mass is 10.2. The van der Waals surface area contributed by atoms with E-state index in [-0.39, 0.29) is 12.6 Å². The van der Waals surface area contributed by atoms with Gasteiger partial charge in [-0.05, 0) is 30.3 Å². The van der Waals surface area contributed by atoms with Crippen LogP contribution in [-0.2, 0) is 11.3 Å². The zero-order valence-electron chi connectivity index (χ0n) is 14.9. The Morgan fingerprint density at radius 3 is 2.67 bits per heavy atom. The lowest BCUT2D eigenvalue weighted by Crippen LogP contribution is -2.46. The van der Waals surface area contributed by atoms with Crippen molar-refractivity contribution in [1.82, 2.24) is 9.88 Å². The van der Waals surface area contributed by atoms with Crippen LogP contribution >= 0.6 is 11.8 Å². The third-order valence-electron chi connectivity index (χ3n) is 4.20. The second-order valence-electron chi connectivity index (χ2n) is 5.98. The van der Waals surface area contributed by atoms with Crippen LogP contribution in [0, 0.1) is 5.82 Å². The summed E-state index contributed by atoms with van der Waals surface area (Å²) in [7, 11) is 1.30. The van der Waals surface area contributed by atoms with Crippen LogP contribution in [-0.4, -0.2) is 53.6 Å². The fourth-order valence-corrected chi connectivity index (χ4v) is 3.66. The molecular weight excluding hydrogens is 369 g/mol. The number of anilines is 1. The van der Waals surface area contributed by atoms with Crippen LogP contribution in [0.3, 0.4) is 0 Å². The van der Waals surface area contributed by atoms with Gasteiger partial charge in [0.25, 0.3) is 0 Å². The number of carbonyl (C=O) groups is 2. The molecule has 6 nitrogen and oxygen atoms in total. The summed E-state index contributed by atoms with van der Waals surface area (Å²) in [5.74, 6) is 0.885. The van der Waals surface area contributed by atoms with Gasteiger partial charge in [-0.3, -0.25) is 9.88 Å². The molecule has 1 aliphatic heterocycles. The lowest BCUT2D eigenvalue weighted by Gasteiger charge is -2.32. The topological polar surface area (TPSA) is 62.7 Å². The molecule has 1 aromatic carbocycles. The molecule has 0 spiro atoms. The first kappa shape index (κ1) is 19.2. The molecule has 2 amide bonds. The molecule has 1 aromatic heterocycles. The van der Waals surface area contributed by atoms with Crippen molar-refractivity contribution in [2.24, 2.45) is 0 Å². The Morgan fingerprint density at radius 2 is 2.04 bits per heavy atom. The molecule has 0 unspecified atom stereocenters. The maximum atomic E-state index is 13.7. The van der Waals surface area contributed by atoms with E-state index in [1.807, 2.05) is 11.8 Å². The summed E-state index contributed by atoms with van der Waals surface area (Å²) >= 11 is 1.81. The van der Waals surface area contributed by atoms with Crippen LogP contribution < -0.4 is 4.90 Å². The number of hydrogen-bond donors (Lipinski definition) is 0. The minimum atomic E-state index is -0.474. The highest BCUT2D eigenvalue weighted by atomic mass is 32.2. The monoisotopic (exact) mass is 389 g/mol. The van der Waals surface area contributed by atoms with Crippen molar-refractivity contribution >= 4 is 29.4 Å². The maximum absolute atomic E-state index is 13.7. The molecule has 0 radical (unpaired) electrons. The minimum absolute atomic E-state index is 0.174. The summed E-state index contributed by atoms with van der Waals surface area (Å²) in [5, 5.41) is 0. The molecule has 8 heteroatoms. The molecule has 0 saturated carbocycles. The number of esters is 1. The van der Waals surface area contributed by atoms with Gasteiger partial charge >= 0.3 is 12.0 Å². The van der Waals surface area contributed by atoms with Gasteiger partial charge in [0.05, 0.1) is 24.9 Å². The number of pyridine rings is 1. The van der Waals surface area contributed by atoms with Crippen molar-refractivity contribution in [3.05, 3.63) is 59.7 Å². The number of halogens is 1. The van der Waals surface area contributed by atoms with Gasteiger partial charge in [0, 0.05) is 36.5 Å². The Bertz CT molecular complexity index is 810. The fourth-order valence-electron chi connectivity index (χ4n) is 2.76. The summed E-state index contributed by atoms with van der Waals surface area (Å²) in [6, 6.07) is 9.03. The Kier molecular flexibility index (Phi) is 6.28. The van der Waals surface area contributed by atoms with E-state index in [9.17, 15) is 14.0 Å². The highest BCUT2D eigenvalue weighted by Crippen LogP contribution is 2.21. The first-order valence-electron chi connectivity index (χ1n) is 8.51. The van der Waals surface area contributed by atoms with Gasteiger partial charge < -0.3 is 9.64 Å². The van der Waals surface area contributed by atoms with E-state index >= 15 is 0 Å². The molecule has 1 saturated heterocycles. The molecular formula is C19H20FN3O3S. The molecule has 0 aliphatic carbocycles. The minimum Gasteiger partial charge on any atom is -0.465 e. The summed E-state index contributed by atoms with van der Waals surface area (Å²) in [5.41, 5.74) is 1.39. The number of amides is 2. The summed E-state index contributed by atoms with van der Waals surface area (Å²) in [6.07, 6.45) is 1.41. The molecule has 0 bridgehead atoms. The molecule has 0 N–H and O–H groups in total. The number of thioether (sulfide) groups is 1. The Balaban J connectivity index is 1.85. The molecule has 1 aliphatic rings. The highest BCUT2D eigenvalue weighted by Gasteiger charge is 2.25. The predicted octanol–water partition coefficient (Wildman–Crippen LogP) is 3.18. The Hall–Kier alpha value is -2.61. The molecule has 1 fully saturated rings. The number of ether oxygens (including phenoxy) is 1. The normalized spacial score (nSPS) is 13.9. The van der Waals surface area contributed by atoms with Crippen LogP contribution in [0.25, 0.3) is 0 Å². The number of aromatic nitrogens is 1. The van der Waals surface area contributed by atoms with Gasteiger partial charge in [0.1, 0.15) is 5.82 Å². The lowest BCUT2D eigenvalue weighted by molar-refractivity contribution is 0.0600. The standard InChI is InChI=1S/C19H20FN3O3S/c1-26-18(24)14-5-6-16(21-12-14)13-23(17-4-2-3-15(20)11-17)19(25)22-7-9-27-10-8-22/h2-6,11-12H,7-10,13H2,1H3. The van der Waals surface area contributed by atoms with Gasteiger partial charge in [0.15, 0.2) is 0 Å². The smallest absolute Gasteiger partial charge is 0.339 e. The second-order valence-corrected chi connectivity index (χ2v) is 7.20. The zero-order valence-corrected chi connectivity index (χ0v) is 15.7. The number of urea groups is 1.